The zero-order valence-corrected chi connectivity index (χ0v) is 15.4. The average molecular weight is 350 g/mol. The minimum atomic E-state index is 1.29. The molecule has 0 aromatic heterocycles. The fourth-order valence-corrected chi connectivity index (χ4v) is 4.62. The molecule has 0 nitrogen and oxygen atoms in total. The van der Waals surface area contributed by atoms with Crippen LogP contribution in [0, 0.1) is 0 Å². The summed E-state index contributed by atoms with van der Waals surface area (Å²) in [4.78, 5) is 1.33. The third-order valence-corrected chi connectivity index (χ3v) is 5.92. The van der Waals surface area contributed by atoms with E-state index in [0.29, 0.717) is 0 Å². The highest BCUT2D eigenvalue weighted by atomic mass is 32.2. The van der Waals surface area contributed by atoms with Crippen LogP contribution in [0.2, 0.25) is 0 Å². The molecule has 0 fully saturated rings. The van der Waals surface area contributed by atoms with E-state index in [9.17, 15) is 0 Å². The second-order valence-corrected chi connectivity index (χ2v) is 7.40. The normalized spacial score (nSPS) is 11.4. The van der Waals surface area contributed by atoms with Gasteiger partial charge in [0.25, 0.3) is 0 Å². The minimum Gasteiger partial charge on any atom is -0.129 e. The van der Waals surface area contributed by atoms with Gasteiger partial charge in [0.2, 0.25) is 0 Å². The van der Waals surface area contributed by atoms with Gasteiger partial charge in [0.1, 0.15) is 0 Å². The van der Waals surface area contributed by atoms with Gasteiger partial charge in [-0.1, -0.05) is 78.9 Å². The molecule has 5 aromatic rings. The number of benzene rings is 5. The first-order chi connectivity index (χ1) is 12.9. The van der Waals surface area contributed by atoms with Gasteiger partial charge in [-0.3, -0.25) is 0 Å². The predicted octanol–water partition coefficient (Wildman–Crippen LogP) is 7.54. The molecule has 0 aliphatic heterocycles. The van der Waals surface area contributed by atoms with E-state index in [1.165, 1.54) is 48.3 Å². The lowest BCUT2D eigenvalue weighted by Gasteiger charge is -2.15. The van der Waals surface area contributed by atoms with E-state index in [0.717, 1.165) is 0 Å². The van der Waals surface area contributed by atoms with Gasteiger partial charge >= 0.3 is 0 Å². The molecule has 0 amide bonds. The SMILES string of the molecule is CSc1cccc2cccc(-c3cc4ccccc4c4ccccc34)c12. The number of thioether (sulfide) groups is 1. The van der Waals surface area contributed by atoms with Gasteiger partial charge in [0, 0.05) is 10.3 Å². The van der Waals surface area contributed by atoms with Crippen molar-refractivity contribution in [2.75, 3.05) is 6.26 Å². The van der Waals surface area contributed by atoms with Crippen molar-refractivity contribution in [2.45, 2.75) is 4.90 Å². The second kappa shape index (κ2) is 6.19. The minimum absolute atomic E-state index is 1.29. The Balaban J connectivity index is 1.98. The van der Waals surface area contributed by atoms with E-state index >= 15 is 0 Å². The maximum Gasteiger partial charge on any atom is 0.0154 e. The van der Waals surface area contributed by atoms with E-state index in [-0.39, 0.29) is 0 Å². The average Bonchev–Trinajstić information content (AvgIpc) is 2.72. The van der Waals surface area contributed by atoms with Crippen molar-refractivity contribution >= 4 is 44.1 Å². The van der Waals surface area contributed by atoms with Crippen LogP contribution in [0.4, 0.5) is 0 Å². The summed E-state index contributed by atoms with van der Waals surface area (Å²) in [5.74, 6) is 0. The molecule has 0 bridgehead atoms. The van der Waals surface area contributed by atoms with Crippen LogP contribution in [-0.2, 0) is 0 Å². The molecule has 0 aliphatic rings. The van der Waals surface area contributed by atoms with Crippen LogP contribution >= 0.6 is 11.8 Å². The molecule has 0 aliphatic carbocycles. The maximum absolute atomic E-state index is 2.35. The summed E-state index contributed by atoms with van der Waals surface area (Å²) in [6.07, 6.45) is 2.16. The lowest BCUT2D eigenvalue weighted by Crippen LogP contribution is -1.87. The monoisotopic (exact) mass is 350 g/mol. The van der Waals surface area contributed by atoms with Crippen LogP contribution in [0.1, 0.15) is 0 Å². The summed E-state index contributed by atoms with van der Waals surface area (Å²) >= 11 is 1.82. The zero-order valence-electron chi connectivity index (χ0n) is 14.6. The molecule has 0 saturated heterocycles. The van der Waals surface area contributed by atoms with E-state index in [1.54, 1.807) is 0 Å². The van der Waals surface area contributed by atoms with Gasteiger partial charge in [0.05, 0.1) is 0 Å². The lowest BCUT2D eigenvalue weighted by atomic mass is 9.91. The molecule has 0 heterocycles. The number of fused-ring (bicyclic) bond motifs is 4. The van der Waals surface area contributed by atoms with E-state index in [1.807, 2.05) is 11.8 Å². The molecule has 0 saturated carbocycles. The molecule has 5 rings (SSSR count). The molecule has 26 heavy (non-hydrogen) atoms. The van der Waals surface area contributed by atoms with Crippen LogP contribution in [0.25, 0.3) is 43.4 Å². The summed E-state index contributed by atoms with van der Waals surface area (Å²) in [6.45, 7) is 0. The predicted molar refractivity (Wildman–Crippen MR) is 116 cm³/mol. The summed E-state index contributed by atoms with van der Waals surface area (Å²) < 4.78 is 0. The van der Waals surface area contributed by atoms with Crippen LogP contribution in [0.15, 0.2) is 95.9 Å². The van der Waals surface area contributed by atoms with Crippen LogP contribution in [0.5, 0.6) is 0 Å². The standard InChI is InChI=1S/C25H18S/c1-26-24-15-7-10-17-9-6-14-22(25(17)24)23-16-18-8-2-3-11-19(18)20-12-4-5-13-21(20)23/h2-16H,1H3. The van der Waals surface area contributed by atoms with Gasteiger partial charge in [-0.2, -0.15) is 0 Å². The molecule has 5 aromatic carbocycles. The van der Waals surface area contributed by atoms with Gasteiger partial charge in [0.15, 0.2) is 0 Å². The number of hydrogen-bond donors (Lipinski definition) is 0. The summed E-state index contributed by atoms with van der Waals surface area (Å²) in [5, 5.41) is 7.89. The first kappa shape index (κ1) is 15.5. The third-order valence-electron chi connectivity index (χ3n) is 5.14. The highest BCUT2D eigenvalue weighted by Gasteiger charge is 2.12. The molecule has 1 heteroatoms. The van der Waals surface area contributed by atoms with Gasteiger partial charge in [-0.05, 0) is 56.4 Å². The van der Waals surface area contributed by atoms with Crippen molar-refractivity contribution in [3.63, 3.8) is 0 Å². The summed E-state index contributed by atoms with van der Waals surface area (Å²) in [6, 6.07) is 33.0. The van der Waals surface area contributed by atoms with Crippen molar-refractivity contribution in [3.8, 4) is 11.1 Å². The molecule has 0 unspecified atom stereocenters. The fraction of sp³-hybridized carbons (Fsp3) is 0.0400. The molecule has 0 radical (unpaired) electrons. The zero-order chi connectivity index (χ0) is 17.5. The van der Waals surface area contributed by atoms with Crippen molar-refractivity contribution < 1.29 is 0 Å². The van der Waals surface area contributed by atoms with Crippen molar-refractivity contribution in [2.24, 2.45) is 0 Å². The first-order valence-corrected chi connectivity index (χ1v) is 10.1. The van der Waals surface area contributed by atoms with Crippen molar-refractivity contribution in [1.82, 2.24) is 0 Å². The molecular weight excluding hydrogens is 332 g/mol. The molecule has 0 atom stereocenters. The van der Waals surface area contributed by atoms with E-state index in [4.69, 9.17) is 0 Å². The third kappa shape index (κ3) is 2.32. The Bertz CT molecular complexity index is 1260. The number of rotatable bonds is 2. The van der Waals surface area contributed by atoms with Crippen LogP contribution in [0.3, 0.4) is 0 Å². The smallest absolute Gasteiger partial charge is 0.0154 e. The van der Waals surface area contributed by atoms with E-state index in [2.05, 4.69) is 97.3 Å². The largest absolute Gasteiger partial charge is 0.129 e. The van der Waals surface area contributed by atoms with Gasteiger partial charge in [-0.25, -0.2) is 0 Å². The fourth-order valence-electron chi connectivity index (χ4n) is 3.98. The Kier molecular flexibility index (Phi) is 3.69. The van der Waals surface area contributed by atoms with Crippen LogP contribution in [-0.4, -0.2) is 6.26 Å². The first-order valence-electron chi connectivity index (χ1n) is 8.83. The molecular formula is C25H18S. The topological polar surface area (TPSA) is 0 Å². The summed E-state index contributed by atoms with van der Waals surface area (Å²) in [5.41, 5.74) is 2.63. The Hall–Kier alpha value is -2.77. The molecule has 0 spiro atoms. The Morgan fingerprint density at radius 1 is 0.538 bits per heavy atom. The maximum atomic E-state index is 2.35. The molecule has 0 N–H and O–H groups in total. The Labute approximate surface area is 157 Å². The highest BCUT2D eigenvalue weighted by Crippen LogP contribution is 2.40. The number of hydrogen-bond acceptors (Lipinski definition) is 1. The Morgan fingerprint density at radius 3 is 2.00 bits per heavy atom. The highest BCUT2D eigenvalue weighted by molar-refractivity contribution is 7.98. The van der Waals surface area contributed by atoms with Crippen molar-refractivity contribution in [1.29, 1.82) is 0 Å². The van der Waals surface area contributed by atoms with E-state index < -0.39 is 0 Å². The second-order valence-electron chi connectivity index (χ2n) is 6.55. The summed E-state index contributed by atoms with van der Waals surface area (Å²) in [7, 11) is 0. The van der Waals surface area contributed by atoms with Gasteiger partial charge < -0.3 is 0 Å². The molecule has 124 valence electrons. The lowest BCUT2D eigenvalue weighted by molar-refractivity contribution is 1.54. The van der Waals surface area contributed by atoms with Crippen molar-refractivity contribution in [3.05, 3.63) is 91.0 Å². The van der Waals surface area contributed by atoms with Gasteiger partial charge in [-0.15, -0.1) is 11.8 Å². The quantitative estimate of drug-likeness (QED) is 0.234. The Morgan fingerprint density at radius 2 is 1.19 bits per heavy atom. The van der Waals surface area contributed by atoms with Crippen LogP contribution < -0.4 is 0 Å².